The number of allylic oxidation sites excluding steroid dienone is 10. The van der Waals surface area contributed by atoms with Crippen LogP contribution in [0.5, 0.6) is 0 Å². The molecule has 0 spiro atoms. The summed E-state index contributed by atoms with van der Waals surface area (Å²) >= 11 is 0. The second kappa shape index (κ2) is 18.4. The van der Waals surface area contributed by atoms with Gasteiger partial charge in [0.25, 0.3) is 0 Å². The van der Waals surface area contributed by atoms with E-state index in [0.717, 1.165) is 17.4 Å². The molecule has 48 heavy (non-hydrogen) atoms. The number of nitrogens with zero attached hydrogens (tertiary/aromatic N) is 3. The van der Waals surface area contributed by atoms with Gasteiger partial charge in [0.2, 0.25) is 0 Å². The number of carboxylic acid groups (broad SMARTS) is 3. The zero-order valence-electron chi connectivity index (χ0n) is 28.4. The number of aliphatic hydroxyl groups is 1. The summed E-state index contributed by atoms with van der Waals surface area (Å²) in [5, 5.41) is 43.5. The van der Waals surface area contributed by atoms with Crippen molar-refractivity contribution < 1.29 is 189 Å². The van der Waals surface area contributed by atoms with Gasteiger partial charge in [-0.1, -0.05) is 26.5 Å². The second-order valence-corrected chi connectivity index (χ2v) is 11.3. The Bertz CT molecular complexity index is 1830. The molecule has 1 saturated heterocycles. The molecule has 0 aromatic rings. The summed E-state index contributed by atoms with van der Waals surface area (Å²) in [7, 11) is 0. The molecule has 8 bridgehead atoms. The van der Waals surface area contributed by atoms with E-state index in [1.54, 1.807) is 25.2 Å². The first-order valence-corrected chi connectivity index (χ1v) is 14.6. The quantitative estimate of drug-likeness (QED) is 0.126. The van der Waals surface area contributed by atoms with Crippen LogP contribution in [0.1, 0.15) is 53.4 Å². The summed E-state index contributed by atoms with van der Waals surface area (Å²) in [6.07, 6.45) is 7.92. The molecule has 5 rings (SSSR count). The third-order valence-corrected chi connectivity index (χ3v) is 8.78. The van der Waals surface area contributed by atoms with Crippen molar-refractivity contribution >= 4 is 35.0 Å². The molecular formula is C34H34K3N4O7+3. The van der Waals surface area contributed by atoms with Crippen LogP contribution in [0.3, 0.4) is 0 Å². The van der Waals surface area contributed by atoms with Crippen molar-refractivity contribution in [2.45, 2.75) is 53.4 Å². The number of hydrogen-bond acceptors (Lipinski definition) is 8. The molecule has 5 N–H and O–H groups in total. The predicted octanol–water partition coefficient (Wildman–Crippen LogP) is -3.51. The van der Waals surface area contributed by atoms with Crippen molar-refractivity contribution in [3.05, 3.63) is 105 Å². The van der Waals surface area contributed by atoms with Gasteiger partial charge < -0.3 is 25.7 Å². The van der Waals surface area contributed by atoms with Gasteiger partial charge in [-0.15, -0.1) is 0 Å². The van der Waals surface area contributed by atoms with E-state index in [2.05, 4.69) is 11.9 Å². The van der Waals surface area contributed by atoms with E-state index in [4.69, 9.17) is 15.0 Å². The van der Waals surface area contributed by atoms with Crippen LogP contribution in [-0.4, -0.2) is 55.5 Å². The molecule has 0 radical (unpaired) electrons. The van der Waals surface area contributed by atoms with Gasteiger partial charge in [-0.2, -0.15) is 0 Å². The van der Waals surface area contributed by atoms with Crippen molar-refractivity contribution in [1.82, 2.24) is 5.32 Å². The van der Waals surface area contributed by atoms with E-state index in [0.29, 0.717) is 63.0 Å². The number of aliphatic hydroxyl groups excluding tert-OH is 1. The number of carboxylic acids is 3. The van der Waals surface area contributed by atoms with Crippen molar-refractivity contribution in [3.8, 4) is 0 Å². The van der Waals surface area contributed by atoms with E-state index >= 15 is 0 Å². The Hall–Kier alpha value is -0.411. The molecule has 5 aliphatic rings. The minimum Gasteiger partial charge on any atom is -0.515 e. The van der Waals surface area contributed by atoms with Crippen LogP contribution in [0.2, 0.25) is 0 Å². The summed E-state index contributed by atoms with van der Waals surface area (Å²) in [6, 6.07) is 0. The Morgan fingerprint density at radius 3 is 2.17 bits per heavy atom. The summed E-state index contributed by atoms with van der Waals surface area (Å²) in [6.45, 7) is 11.3. The first kappa shape index (κ1) is 43.8. The van der Waals surface area contributed by atoms with Crippen LogP contribution < -0.4 is 159 Å². The normalized spacial score (nSPS) is 22.0. The maximum absolute atomic E-state index is 12.7. The molecule has 0 aromatic carbocycles. The van der Waals surface area contributed by atoms with Gasteiger partial charge in [-0.25, -0.2) is 19.8 Å². The van der Waals surface area contributed by atoms with Crippen molar-refractivity contribution in [2.24, 2.45) is 26.8 Å². The summed E-state index contributed by atoms with van der Waals surface area (Å²) in [5.41, 5.74) is 6.73. The van der Waals surface area contributed by atoms with Gasteiger partial charge in [-0.05, 0) is 61.6 Å². The van der Waals surface area contributed by atoms with Crippen LogP contribution in [0.4, 0.5) is 0 Å². The van der Waals surface area contributed by atoms with Gasteiger partial charge in [0.1, 0.15) is 0 Å². The molecular weight excluding hydrogens is 694 g/mol. The van der Waals surface area contributed by atoms with Gasteiger partial charge in [0.05, 0.1) is 52.5 Å². The van der Waals surface area contributed by atoms with Crippen LogP contribution >= 0.6 is 0 Å². The Morgan fingerprint density at radius 1 is 0.917 bits per heavy atom. The molecule has 1 fully saturated rings. The zero-order valence-corrected chi connectivity index (χ0v) is 37.8. The Balaban J connectivity index is 0.00000267. The standard InChI is InChI=1S/C34H34N4O7.3K/c1-6-18-15(3)23-11-24-16(4)20(8-9-29(40)41)32(37-24)21(10-30(42)43)33-31(34(44)45)17(5)25(38-33)12-27-19(7-2)22(14-39)28(36-27)13-26(18)35-23;;;/h6,11-14,16,20,37,39H,1,7-10H2,2-5H3,(H,40,41)(H,42,43)(H,44,45);;;/q;3*+1/b22-14-,24-11?,25-12?,26-13?,32-21?;;;/t16-,20-;;;/m0.../s1. The van der Waals surface area contributed by atoms with Crippen molar-refractivity contribution in [3.63, 3.8) is 0 Å². The van der Waals surface area contributed by atoms with Gasteiger partial charge in [0.15, 0.2) is 0 Å². The number of rotatable bonds is 8. The number of aliphatic imine (C=N–C) groups is 3. The molecule has 5 heterocycles. The number of carbonyl (C=O) groups is 3. The minimum atomic E-state index is -1.27. The van der Waals surface area contributed by atoms with Crippen LogP contribution in [0.15, 0.2) is 120 Å². The second-order valence-electron chi connectivity index (χ2n) is 11.3. The van der Waals surface area contributed by atoms with E-state index < -0.39 is 30.2 Å². The fraction of sp³-hybridized carbons (Fsp3) is 0.294. The molecule has 2 atom stereocenters. The van der Waals surface area contributed by atoms with Crippen molar-refractivity contribution in [1.29, 1.82) is 0 Å². The van der Waals surface area contributed by atoms with E-state index in [1.807, 2.05) is 26.8 Å². The third kappa shape index (κ3) is 8.61. The summed E-state index contributed by atoms with van der Waals surface area (Å²) in [5.74, 6) is -4.21. The Morgan fingerprint density at radius 2 is 1.60 bits per heavy atom. The summed E-state index contributed by atoms with van der Waals surface area (Å²) < 4.78 is 0. The summed E-state index contributed by atoms with van der Waals surface area (Å²) in [4.78, 5) is 50.9. The number of aliphatic carboxylic acids is 3. The van der Waals surface area contributed by atoms with Crippen LogP contribution in [0, 0.1) is 11.8 Å². The topological polar surface area (TPSA) is 181 Å². The van der Waals surface area contributed by atoms with Crippen molar-refractivity contribution in [2.75, 3.05) is 0 Å². The number of fused-ring (bicyclic) bond motifs is 5. The van der Waals surface area contributed by atoms with E-state index in [1.165, 1.54) is 0 Å². The Labute approximate surface area is 406 Å². The maximum atomic E-state index is 12.7. The number of nitrogens with one attached hydrogen (secondary N) is 1. The first-order valence-electron chi connectivity index (χ1n) is 14.6. The largest absolute Gasteiger partial charge is 1.00 e. The first-order chi connectivity index (χ1) is 21.4. The predicted molar refractivity (Wildman–Crippen MR) is 170 cm³/mol. The van der Waals surface area contributed by atoms with Crippen LogP contribution in [-0.2, 0) is 14.4 Å². The van der Waals surface area contributed by atoms with Gasteiger partial charge >= 0.3 is 172 Å². The smallest absolute Gasteiger partial charge is 0.515 e. The average Bonchev–Trinajstić information content (AvgIpc) is 3.67. The third-order valence-electron chi connectivity index (χ3n) is 8.78. The molecule has 0 saturated carbocycles. The molecule has 0 amide bonds. The maximum Gasteiger partial charge on any atom is 1.00 e. The Kier molecular flexibility index (Phi) is 16.8. The zero-order chi connectivity index (χ0) is 32.7. The molecule has 11 nitrogen and oxygen atoms in total. The average molecular weight is 728 g/mol. The number of hydrogen-bond donors (Lipinski definition) is 5. The molecule has 0 aromatic heterocycles. The van der Waals surface area contributed by atoms with E-state index in [-0.39, 0.29) is 190 Å². The fourth-order valence-electron chi connectivity index (χ4n) is 6.43. The van der Waals surface area contributed by atoms with Gasteiger partial charge in [-0.3, -0.25) is 9.59 Å². The molecule has 14 heteroatoms. The molecule has 0 unspecified atom stereocenters. The minimum absolute atomic E-state index is 0. The fourth-order valence-corrected chi connectivity index (χ4v) is 6.43. The van der Waals surface area contributed by atoms with E-state index in [9.17, 15) is 34.8 Å². The molecule has 5 aliphatic heterocycles. The van der Waals surface area contributed by atoms with Crippen LogP contribution in [0.25, 0.3) is 0 Å². The molecule has 0 aliphatic carbocycles. The monoisotopic (exact) mass is 727 g/mol. The molecule has 232 valence electrons. The SMILES string of the molecule is C=CC1=C(C)C2=NC1=CC1=NC(=C(CC)/C1=C/O)C=C1N=C(C(CC(=O)O)=C3NC(=C2)[C@@H](C)[C@@H]3CCC(=O)O)C(C(=O)O)=C1C.[K+].[K+].[K+]. The van der Waals surface area contributed by atoms with Gasteiger partial charge in [0, 0.05) is 46.4 Å².